The van der Waals surface area contributed by atoms with E-state index in [0.29, 0.717) is 6.42 Å². The fourth-order valence-electron chi connectivity index (χ4n) is 1.89. The van der Waals surface area contributed by atoms with Gasteiger partial charge >= 0.3 is 5.97 Å². The van der Waals surface area contributed by atoms with E-state index in [2.05, 4.69) is 0 Å². The molecule has 0 aliphatic heterocycles. The predicted octanol–water partition coefficient (Wildman–Crippen LogP) is 1.43. The van der Waals surface area contributed by atoms with E-state index in [-0.39, 0.29) is 23.5 Å². The minimum Gasteiger partial charge on any atom is -0.550 e. The van der Waals surface area contributed by atoms with Gasteiger partial charge in [-0.15, -0.1) is 0 Å². The van der Waals surface area contributed by atoms with Crippen LogP contribution in [0.3, 0.4) is 0 Å². The molecule has 0 saturated carbocycles. The number of carbonyl (C=O) groups excluding carboxylic acids is 1. The van der Waals surface area contributed by atoms with Crippen LogP contribution in [0.25, 0.3) is 0 Å². The Morgan fingerprint density at radius 1 is 1.24 bits per heavy atom. The average molecular weight is 284 g/mol. The monoisotopic (exact) mass is 284 g/mol. The number of carboxylic acids is 2. The number of aliphatic carboxylic acids is 2. The Balaban J connectivity index is 0. The number of carbonyl (C=O) groups is 2. The van der Waals surface area contributed by atoms with Gasteiger partial charge in [0.05, 0.1) is 5.41 Å². The van der Waals surface area contributed by atoms with E-state index < -0.39 is 22.8 Å². The molecule has 0 bridgehead atoms. The number of carboxylic acid groups (broad SMARTS) is 2. The molecule has 1 N–H and O–H groups in total. The summed E-state index contributed by atoms with van der Waals surface area (Å²) in [5, 5.41) is 20.1. The van der Waals surface area contributed by atoms with Gasteiger partial charge in [-0.25, -0.2) is 0 Å². The fraction of sp³-hybridized carbons (Fsp3) is 0.833. The molecule has 0 heterocycles. The van der Waals surface area contributed by atoms with Crippen molar-refractivity contribution in [1.29, 1.82) is 0 Å². The second-order valence-electron chi connectivity index (χ2n) is 5.32. The molecule has 0 fully saturated rings. The number of unbranched alkanes of at least 4 members (excludes halogenated alkanes) is 1. The molecule has 1 unspecified atom stereocenters. The van der Waals surface area contributed by atoms with Gasteiger partial charge in [0, 0.05) is 28.5 Å². The van der Waals surface area contributed by atoms with Crippen LogP contribution >= 0.6 is 0 Å². The molecule has 0 rings (SSSR count). The van der Waals surface area contributed by atoms with E-state index in [1.54, 1.807) is 6.92 Å². The molecular weight excluding hydrogens is 263 g/mol. The first-order valence-corrected chi connectivity index (χ1v) is 5.60. The second-order valence-corrected chi connectivity index (χ2v) is 5.32. The first-order chi connectivity index (χ1) is 7.15. The summed E-state index contributed by atoms with van der Waals surface area (Å²) in [5.74, 6) is -2.13. The van der Waals surface area contributed by atoms with Gasteiger partial charge in [-0.2, -0.15) is 0 Å². The minimum atomic E-state index is -1.20. The van der Waals surface area contributed by atoms with Crippen molar-refractivity contribution in [2.24, 2.45) is 10.8 Å². The Hall–Kier alpha value is -0.541. The number of hydrogen-bond donors (Lipinski definition) is 1. The van der Waals surface area contributed by atoms with Crippen molar-refractivity contribution in [3.05, 3.63) is 0 Å². The molecule has 0 aromatic heterocycles. The van der Waals surface area contributed by atoms with Crippen molar-refractivity contribution in [3.63, 3.8) is 0 Å². The van der Waals surface area contributed by atoms with Crippen molar-refractivity contribution < 1.29 is 36.9 Å². The first-order valence-electron chi connectivity index (χ1n) is 5.60. The molecule has 101 valence electrons. The smallest absolute Gasteiger partial charge is 0.309 e. The average Bonchev–Trinajstić information content (AvgIpc) is 2.13. The molecule has 0 aromatic rings. The Kier molecular flexibility index (Phi) is 7.77. The summed E-state index contributed by atoms with van der Waals surface area (Å²) in [5.41, 5.74) is -2.10. The second kappa shape index (κ2) is 7.02. The SMILES string of the molecule is CCCCC(C)(CC(C)(C)C(=O)[O-])C(=O)O.[Mn]. The van der Waals surface area contributed by atoms with Crippen LogP contribution in [0.4, 0.5) is 0 Å². The zero-order valence-electron chi connectivity index (χ0n) is 10.9. The van der Waals surface area contributed by atoms with Crippen molar-refractivity contribution in [2.75, 3.05) is 0 Å². The van der Waals surface area contributed by atoms with Gasteiger partial charge in [0.1, 0.15) is 0 Å². The van der Waals surface area contributed by atoms with E-state index in [1.807, 2.05) is 6.92 Å². The van der Waals surface area contributed by atoms with Crippen LogP contribution in [-0.4, -0.2) is 17.0 Å². The molecular formula is C12H21MnO4-. The van der Waals surface area contributed by atoms with Gasteiger partial charge in [-0.05, 0) is 19.8 Å². The summed E-state index contributed by atoms with van der Waals surface area (Å²) in [4.78, 5) is 22.1. The molecule has 0 aliphatic rings. The molecule has 0 spiro atoms. The van der Waals surface area contributed by atoms with Crippen LogP contribution in [0.15, 0.2) is 0 Å². The quantitative estimate of drug-likeness (QED) is 0.717. The molecule has 1 atom stereocenters. The van der Waals surface area contributed by atoms with Crippen molar-refractivity contribution in [3.8, 4) is 0 Å². The maximum Gasteiger partial charge on any atom is 0.309 e. The van der Waals surface area contributed by atoms with E-state index in [1.165, 1.54) is 13.8 Å². The van der Waals surface area contributed by atoms with Crippen molar-refractivity contribution in [2.45, 2.75) is 53.4 Å². The third-order valence-electron chi connectivity index (χ3n) is 2.98. The normalized spacial score (nSPS) is 14.6. The van der Waals surface area contributed by atoms with Gasteiger partial charge in [-0.3, -0.25) is 4.79 Å². The van der Waals surface area contributed by atoms with Gasteiger partial charge in [-0.1, -0.05) is 33.6 Å². The Bertz CT molecular complexity index is 276. The van der Waals surface area contributed by atoms with E-state index in [4.69, 9.17) is 0 Å². The van der Waals surface area contributed by atoms with Crippen LogP contribution in [0, 0.1) is 10.8 Å². The molecule has 0 amide bonds. The van der Waals surface area contributed by atoms with E-state index in [9.17, 15) is 19.8 Å². The zero-order chi connectivity index (χ0) is 13.0. The maximum atomic E-state index is 11.2. The largest absolute Gasteiger partial charge is 0.550 e. The van der Waals surface area contributed by atoms with Crippen LogP contribution < -0.4 is 5.11 Å². The molecule has 0 saturated heterocycles. The maximum absolute atomic E-state index is 11.2. The van der Waals surface area contributed by atoms with Crippen LogP contribution in [0.1, 0.15) is 53.4 Å². The molecule has 0 aromatic carbocycles. The molecule has 17 heavy (non-hydrogen) atoms. The molecule has 1 radical (unpaired) electrons. The topological polar surface area (TPSA) is 77.4 Å². The molecule has 4 nitrogen and oxygen atoms in total. The van der Waals surface area contributed by atoms with Gasteiger partial charge in [0.15, 0.2) is 0 Å². The first kappa shape index (κ1) is 18.8. The van der Waals surface area contributed by atoms with E-state index >= 15 is 0 Å². The summed E-state index contributed by atoms with van der Waals surface area (Å²) < 4.78 is 0. The summed E-state index contributed by atoms with van der Waals surface area (Å²) in [6, 6.07) is 0. The van der Waals surface area contributed by atoms with Gasteiger partial charge in [0.25, 0.3) is 0 Å². The third-order valence-corrected chi connectivity index (χ3v) is 2.98. The number of hydrogen-bond acceptors (Lipinski definition) is 3. The van der Waals surface area contributed by atoms with Crippen LogP contribution in [-0.2, 0) is 26.7 Å². The predicted molar refractivity (Wildman–Crippen MR) is 58.7 cm³/mol. The Labute approximate surface area is 113 Å². The third kappa shape index (κ3) is 5.55. The molecule has 5 heteroatoms. The van der Waals surface area contributed by atoms with Gasteiger partial charge in [0.2, 0.25) is 0 Å². The minimum absolute atomic E-state index is 0. The fourth-order valence-corrected chi connectivity index (χ4v) is 1.89. The number of rotatable bonds is 7. The molecule has 0 aliphatic carbocycles. The summed E-state index contributed by atoms with van der Waals surface area (Å²) in [6.45, 7) is 6.60. The van der Waals surface area contributed by atoms with Crippen molar-refractivity contribution >= 4 is 11.9 Å². The van der Waals surface area contributed by atoms with Crippen molar-refractivity contribution in [1.82, 2.24) is 0 Å². The van der Waals surface area contributed by atoms with E-state index in [0.717, 1.165) is 12.8 Å². The summed E-state index contributed by atoms with van der Waals surface area (Å²) in [7, 11) is 0. The Morgan fingerprint density at radius 2 is 1.71 bits per heavy atom. The summed E-state index contributed by atoms with van der Waals surface area (Å²) in [6.07, 6.45) is 2.27. The zero-order valence-corrected chi connectivity index (χ0v) is 12.1. The van der Waals surface area contributed by atoms with Gasteiger partial charge < -0.3 is 15.0 Å². The van der Waals surface area contributed by atoms with Crippen LogP contribution in [0.5, 0.6) is 0 Å². The van der Waals surface area contributed by atoms with Crippen LogP contribution in [0.2, 0.25) is 0 Å². The Morgan fingerprint density at radius 3 is 2.00 bits per heavy atom. The summed E-state index contributed by atoms with van der Waals surface area (Å²) >= 11 is 0. The standard InChI is InChI=1S/C12H22O4.Mn/c1-5-6-7-12(4,10(15)16)8-11(2,3)9(13)14;/h5-8H2,1-4H3,(H,13,14)(H,15,16);/p-1.